The Balaban J connectivity index is 3.25. The van der Waals surface area contributed by atoms with Crippen molar-refractivity contribution in [3.05, 3.63) is 33.9 Å². The van der Waals surface area contributed by atoms with Gasteiger partial charge in [-0.3, -0.25) is 0 Å². The summed E-state index contributed by atoms with van der Waals surface area (Å²) in [4.78, 5) is 11.2. The molecule has 1 N–H and O–H groups in total. The summed E-state index contributed by atoms with van der Waals surface area (Å²) in [5, 5.41) is 9.16. The molecular weight excluding hydrogens is 254 g/mol. The molecule has 0 heterocycles. The average molecular weight is 265 g/mol. The first-order valence-corrected chi connectivity index (χ1v) is 5.26. The van der Waals surface area contributed by atoms with E-state index in [0.717, 1.165) is 6.07 Å². The number of esters is 1. The summed E-state index contributed by atoms with van der Waals surface area (Å²) in [6.45, 7) is 2.86. The largest absolute Gasteiger partial charge is 0.464 e. The number of aryl methyl sites for hydroxylation is 1. The summed E-state index contributed by atoms with van der Waals surface area (Å²) in [6, 6.07) is 1.08. The zero-order valence-electron chi connectivity index (χ0n) is 9.26. The van der Waals surface area contributed by atoms with Crippen molar-refractivity contribution in [3.63, 3.8) is 0 Å². The highest BCUT2D eigenvalue weighted by molar-refractivity contribution is 6.30. The normalized spacial score (nSPS) is 12.4. The van der Waals surface area contributed by atoms with Crippen LogP contribution < -0.4 is 0 Å². The lowest BCUT2D eigenvalue weighted by Crippen LogP contribution is -2.18. The van der Waals surface area contributed by atoms with Crippen molar-refractivity contribution >= 4 is 17.6 Å². The summed E-state index contributed by atoms with van der Waals surface area (Å²) < 4.78 is 31.7. The van der Waals surface area contributed by atoms with Crippen LogP contribution >= 0.6 is 11.6 Å². The van der Waals surface area contributed by atoms with E-state index in [-0.39, 0.29) is 17.2 Å². The van der Waals surface area contributed by atoms with E-state index in [1.165, 1.54) is 13.8 Å². The average Bonchev–Trinajstić information content (AvgIpc) is 2.27. The molecule has 6 heteroatoms. The van der Waals surface area contributed by atoms with Gasteiger partial charge < -0.3 is 9.84 Å². The Morgan fingerprint density at radius 2 is 2.12 bits per heavy atom. The molecule has 0 aliphatic rings. The second kappa shape index (κ2) is 5.42. The molecule has 94 valence electrons. The molecule has 1 unspecified atom stereocenters. The van der Waals surface area contributed by atoms with Crippen molar-refractivity contribution in [2.24, 2.45) is 0 Å². The predicted molar refractivity (Wildman–Crippen MR) is 57.7 cm³/mol. The van der Waals surface area contributed by atoms with E-state index in [9.17, 15) is 18.7 Å². The zero-order valence-corrected chi connectivity index (χ0v) is 10.0. The fraction of sp³-hybridized carbons (Fsp3) is 0.364. The number of aliphatic hydroxyl groups excluding tert-OH is 1. The van der Waals surface area contributed by atoms with Gasteiger partial charge in [0.1, 0.15) is 5.82 Å². The monoisotopic (exact) mass is 264 g/mol. The van der Waals surface area contributed by atoms with Crippen LogP contribution in [-0.4, -0.2) is 17.7 Å². The Morgan fingerprint density at radius 1 is 1.53 bits per heavy atom. The molecule has 1 rings (SSSR count). The molecule has 3 nitrogen and oxygen atoms in total. The van der Waals surface area contributed by atoms with Gasteiger partial charge in [0.05, 0.1) is 17.2 Å². The Morgan fingerprint density at radius 3 is 2.65 bits per heavy atom. The van der Waals surface area contributed by atoms with Crippen molar-refractivity contribution in [3.8, 4) is 0 Å². The van der Waals surface area contributed by atoms with E-state index in [4.69, 9.17) is 11.6 Å². The number of hydrogen-bond acceptors (Lipinski definition) is 3. The van der Waals surface area contributed by atoms with Gasteiger partial charge >= 0.3 is 5.97 Å². The Bertz CT molecular complexity index is 423. The molecule has 0 saturated carbocycles. The molecule has 0 saturated heterocycles. The molecule has 0 aliphatic heterocycles. The topological polar surface area (TPSA) is 46.5 Å². The van der Waals surface area contributed by atoms with E-state index in [0.29, 0.717) is 0 Å². The third kappa shape index (κ3) is 2.73. The Kier molecular flexibility index (Phi) is 4.42. The maximum Gasteiger partial charge on any atom is 0.339 e. The van der Waals surface area contributed by atoms with E-state index in [2.05, 4.69) is 4.74 Å². The number of carbonyl (C=O) groups excluding carboxylic acids is 1. The lowest BCUT2D eigenvalue weighted by molar-refractivity contribution is -0.153. The molecule has 1 aromatic carbocycles. The summed E-state index contributed by atoms with van der Waals surface area (Å²) in [5.41, 5.74) is -0.747. The van der Waals surface area contributed by atoms with Crippen LogP contribution in [0.1, 0.15) is 24.2 Å². The van der Waals surface area contributed by atoms with Crippen molar-refractivity contribution in [2.75, 3.05) is 6.61 Å². The van der Waals surface area contributed by atoms with Crippen LogP contribution in [0.4, 0.5) is 8.78 Å². The molecule has 0 spiro atoms. The van der Waals surface area contributed by atoms with Gasteiger partial charge in [-0.15, -0.1) is 0 Å². The van der Waals surface area contributed by atoms with Gasteiger partial charge in [0.25, 0.3) is 0 Å². The number of ether oxygens (including phenoxy) is 1. The minimum Gasteiger partial charge on any atom is -0.464 e. The molecule has 1 aromatic rings. The molecule has 0 aromatic heterocycles. The van der Waals surface area contributed by atoms with Crippen molar-refractivity contribution < 1.29 is 23.4 Å². The SMILES string of the molecule is CCOC(=O)C(O)c1c(F)c(C)cc(Cl)c1F. The number of carbonyl (C=O) groups is 1. The van der Waals surface area contributed by atoms with Crippen molar-refractivity contribution in [2.45, 2.75) is 20.0 Å². The van der Waals surface area contributed by atoms with Crippen LogP contribution in [0.25, 0.3) is 0 Å². The van der Waals surface area contributed by atoms with Gasteiger partial charge in [-0.2, -0.15) is 0 Å². The lowest BCUT2D eigenvalue weighted by Gasteiger charge is -2.13. The molecule has 0 amide bonds. The second-order valence-corrected chi connectivity index (χ2v) is 3.78. The minimum atomic E-state index is -2.02. The number of rotatable bonds is 3. The predicted octanol–water partition coefficient (Wildman–Crippen LogP) is 2.52. The summed E-state index contributed by atoms with van der Waals surface area (Å²) in [6.07, 6.45) is -2.02. The summed E-state index contributed by atoms with van der Waals surface area (Å²) in [7, 11) is 0. The minimum absolute atomic E-state index is 0.00131. The van der Waals surface area contributed by atoms with Gasteiger partial charge in [0.15, 0.2) is 11.9 Å². The van der Waals surface area contributed by atoms with Gasteiger partial charge in [0.2, 0.25) is 0 Å². The number of hydrogen-bond donors (Lipinski definition) is 1. The van der Waals surface area contributed by atoms with Crippen molar-refractivity contribution in [1.29, 1.82) is 0 Å². The Hall–Kier alpha value is -1.20. The first kappa shape index (κ1) is 13.9. The molecule has 0 radical (unpaired) electrons. The van der Waals surface area contributed by atoms with Crippen LogP contribution in [0.5, 0.6) is 0 Å². The van der Waals surface area contributed by atoms with Crippen molar-refractivity contribution in [1.82, 2.24) is 0 Å². The number of benzene rings is 1. The van der Waals surface area contributed by atoms with Gasteiger partial charge in [-0.25, -0.2) is 13.6 Å². The third-order valence-corrected chi connectivity index (χ3v) is 2.43. The molecule has 1 atom stereocenters. The lowest BCUT2D eigenvalue weighted by atomic mass is 10.0. The van der Waals surface area contributed by atoms with Gasteiger partial charge in [0, 0.05) is 0 Å². The number of aliphatic hydroxyl groups is 1. The van der Waals surface area contributed by atoms with Crippen LogP contribution in [0.15, 0.2) is 6.07 Å². The quantitative estimate of drug-likeness (QED) is 0.674. The third-order valence-electron chi connectivity index (χ3n) is 2.16. The highest BCUT2D eigenvalue weighted by atomic mass is 35.5. The van der Waals surface area contributed by atoms with Crippen LogP contribution in [0.3, 0.4) is 0 Å². The summed E-state index contributed by atoms with van der Waals surface area (Å²) >= 11 is 5.51. The molecule has 0 bridgehead atoms. The van der Waals surface area contributed by atoms with Gasteiger partial charge in [-0.1, -0.05) is 11.6 Å². The standard InChI is InChI=1S/C11H11ClF2O3/c1-3-17-11(16)10(15)7-8(13)5(2)4-6(12)9(7)14/h4,10,15H,3H2,1-2H3. The maximum absolute atomic E-state index is 13.6. The molecule has 17 heavy (non-hydrogen) atoms. The van der Waals surface area contributed by atoms with E-state index >= 15 is 0 Å². The summed E-state index contributed by atoms with van der Waals surface area (Å²) in [5.74, 6) is -3.28. The molecule has 0 aliphatic carbocycles. The van der Waals surface area contributed by atoms with E-state index in [1.54, 1.807) is 0 Å². The first-order chi connectivity index (χ1) is 7.90. The maximum atomic E-state index is 13.6. The second-order valence-electron chi connectivity index (χ2n) is 3.37. The molecular formula is C11H11ClF2O3. The van der Waals surface area contributed by atoms with Crippen LogP contribution in [0, 0.1) is 18.6 Å². The van der Waals surface area contributed by atoms with Gasteiger partial charge in [-0.05, 0) is 25.5 Å². The van der Waals surface area contributed by atoms with Crippen LogP contribution in [-0.2, 0) is 9.53 Å². The molecule has 0 fully saturated rings. The highest BCUT2D eigenvalue weighted by Crippen LogP contribution is 2.29. The highest BCUT2D eigenvalue weighted by Gasteiger charge is 2.28. The zero-order chi connectivity index (χ0) is 13.2. The smallest absolute Gasteiger partial charge is 0.339 e. The Labute approximate surface area is 102 Å². The van der Waals surface area contributed by atoms with E-state index < -0.39 is 29.3 Å². The fourth-order valence-corrected chi connectivity index (χ4v) is 1.60. The first-order valence-electron chi connectivity index (χ1n) is 4.88. The number of halogens is 3. The van der Waals surface area contributed by atoms with Crippen LogP contribution in [0.2, 0.25) is 5.02 Å². The fourth-order valence-electron chi connectivity index (χ4n) is 1.33. The van der Waals surface area contributed by atoms with E-state index in [1.807, 2.05) is 0 Å².